The van der Waals surface area contributed by atoms with Crippen molar-refractivity contribution in [2.75, 3.05) is 19.7 Å². The molecule has 0 bridgehead atoms. The van der Waals surface area contributed by atoms with Crippen LogP contribution in [-0.4, -0.2) is 41.6 Å². The second-order valence-corrected chi connectivity index (χ2v) is 7.34. The van der Waals surface area contributed by atoms with Crippen molar-refractivity contribution in [3.8, 4) is 11.3 Å². The molecule has 0 atom stereocenters. The van der Waals surface area contributed by atoms with Crippen LogP contribution in [0.25, 0.3) is 11.3 Å². The van der Waals surface area contributed by atoms with Crippen LogP contribution in [0.2, 0.25) is 0 Å². The number of benzene rings is 1. The van der Waals surface area contributed by atoms with Crippen LogP contribution in [0.1, 0.15) is 38.3 Å². The van der Waals surface area contributed by atoms with Gasteiger partial charge in [0.25, 0.3) is 0 Å². The summed E-state index contributed by atoms with van der Waals surface area (Å²) in [5.74, 6) is 0.555. The van der Waals surface area contributed by atoms with Gasteiger partial charge in [0.05, 0.1) is 23.6 Å². The van der Waals surface area contributed by atoms with Gasteiger partial charge >= 0.3 is 5.97 Å². The van der Waals surface area contributed by atoms with Gasteiger partial charge in [0.15, 0.2) is 5.76 Å². The molecule has 0 unspecified atom stereocenters. The molecule has 142 valence electrons. The Balaban J connectivity index is 1.44. The largest absolute Gasteiger partial charge is 0.466 e. The number of rotatable bonds is 5. The number of carbonyl (C=O) groups is 2. The molecule has 27 heavy (non-hydrogen) atoms. The highest BCUT2D eigenvalue weighted by Gasteiger charge is 2.55. The number of piperidine rings is 1. The number of amides is 1. The van der Waals surface area contributed by atoms with Crippen molar-refractivity contribution in [1.82, 2.24) is 10.1 Å². The summed E-state index contributed by atoms with van der Waals surface area (Å²) in [7, 11) is 0. The van der Waals surface area contributed by atoms with Gasteiger partial charge in [-0.05, 0) is 32.6 Å². The molecule has 1 saturated heterocycles. The van der Waals surface area contributed by atoms with Crippen LogP contribution in [0.15, 0.2) is 40.9 Å². The molecule has 1 amide bonds. The van der Waals surface area contributed by atoms with Crippen molar-refractivity contribution in [3.63, 3.8) is 0 Å². The third-order valence-corrected chi connectivity index (χ3v) is 5.62. The van der Waals surface area contributed by atoms with E-state index in [1.807, 2.05) is 48.2 Å². The molecule has 6 heteroatoms. The minimum atomic E-state index is -0.548. The van der Waals surface area contributed by atoms with E-state index in [2.05, 4.69) is 5.16 Å². The summed E-state index contributed by atoms with van der Waals surface area (Å²) >= 11 is 0. The zero-order valence-corrected chi connectivity index (χ0v) is 15.5. The fourth-order valence-corrected chi connectivity index (χ4v) is 3.82. The van der Waals surface area contributed by atoms with Crippen molar-refractivity contribution < 1.29 is 18.8 Å². The Bertz CT molecular complexity index is 818. The third kappa shape index (κ3) is 3.36. The molecule has 2 heterocycles. The Hall–Kier alpha value is -2.63. The van der Waals surface area contributed by atoms with Gasteiger partial charge in [-0.15, -0.1) is 0 Å². The van der Waals surface area contributed by atoms with E-state index >= 15 is 0 Å². The number of esters is 1. The normalized spacial score (nSPS) is 18.9. The Morgan fingerprint density at radius 2 is 1.93 bits per heavy atom. The fraction of sp³-hybridized carbons (Fsp3) is 0.476. The molecule has 1 aliphatic carbocycles. The van der Waals surface area contributed by atoms with Crippen molar-refractivity contribution in [2.24, 2.45) is 5.92 Å². The number of hydrogen-bond acceptors (Lipinski definition) is 5. The smallest absolute Gasteiger partial charge is 0.309 e. The van der Waals surface area contributed by atoms with Crippen molar-refractivity contribution in [3.05, 3.63) is 42.1 Å². The third-order valence-electron chi connectivity index (χ3n) is 5.62. The molecular formula is C21H24N2O4. The van der Waals surface area contributed by atoms with Crippen molar-refractivity contribution in [2.45, 2.75) is 38.0 Å². The van der Waals surface area contributed by atoms with Gasteiger partial charge in [-0.25, -0.2) is 0 Å². The summed E-state index contributed by atoms with van der Waals surface area (Å²) in [5, 5.41) is 4.21. The van der Waals surface area contributed by atoms with Crippen LogP contribution >= 0.6 is 0 Å². The van der Waals surface area contributed by atoms with Crippen LogP contribution < -0.4 is 0 Å². The number of likely N-dealkylation sites (tertiary alicyclic amines) is 1. The van der Waals surface area contributed by atoms with Crippen molar-refractivity contribution in [1.29, 1.82) is 0 Å². The van der Waals surface area contributed by atoms with E-state index in [1.54, 1.807) is 0 Å². The van der Waals surface area contributed by atoms with E-state index in [9.17, 15) is 9.59 Å². The number of aromatic nitrogens is 1. The summed E-state index contributed by atoms with van der Waals surface area (Å²) in [6.07, 6.45) is 2.91. The predicted molar refractivity (Wildman–Crippen MR) is 98.8 cm³/mol. The lowest BCUT2D eigenvalue weighted by Gasteiger charge is -2.33. The van der Waals surface area contributed by atoms with E-state index in [4.69, 9.17) is 9.26 Å². The van der Waals surface area contributed by atoms with E-state index in [1.165, 1.54) is 0 Å². The maximum absolute atomic E-state index is 13.2. The Labute approximate surface area is 158 Å². The summed E-state index contributed by atoms with van der Waals surface area (Å²) in [5.41, 5.74) is 1.13. The van der Waals surface area contributed by atoms with E-state index in [0.29, 0.717) is 38.3 Å². The van der Waals surface area contributed by atoms with Crippen LogP contribution in [0.3, 0.4) is 0 Å². The SMILES string of the molecule is CCOC(=O)C1CCN(C(=O)C2(c3cc(-c4ccccc4)on3)CC2)CC1. The summed E-state index contributed by atoms with van der Waals surface area (Å²) < 4.78 is 10.6. The van der Waals surface area contributed by atoms with E-state index < -0.39 is 5.41 Å². The lowest BCUT2D eigenvalue weighted by atomic mass is 9.93. The quantitative estimate of drug-likeness (QED) is 0.758. The Morgan fingerprint density at radius 1 is 1.22 bits per heavy atom. The fourth-order valence-electron chi connectivity index (χ4n) is 3.82. The highest BCUT2D eigenvalue weighted by Crippen LogP contribution is 2.50. The first-order valence-electron chi connectivity index (χ1n) is 9.62. The van der Waals surface area contributed by atoms with Gasteiger partial charge in [0, 0.05) is 24.7 Å². The monoisotopic (exact) mass is 368 g/mol. The van der Waals surface area contributed by atoms with Crippen molar-refractivity contribution >= 4 is 11.9 Å². The highest BCUT2D eigenvalue weighted by molar-refractivity contribution is 5.91. The maximum atomic E-state index is 13.2. The van der Waals surface area contributed by atoms with Gasteiger partial charge < -0.3 is 14.2 Å². The topological polar surface area (TPSA) is 72.6 Å². The van der Waals surface area contributed by atoms with E-state index in [0.717, 1.165) is 24.1 Å². The molecule has 0 N–H and O–H groups in total. The number of hydrogen-bond donors (Lipinski definition) is 0. The Kier molecular flexibility index (Phi) is 4.72. The Morgan fingerprint density at radius 3 is 2.56 bits per heavy atom. The summed E-state index contributed by atoms with van der Waals surface area (Å²) in [6, 6.07) is 11.7. The molecule has 1 aromatic heterocycles. The first kappa shape index (κ1) is 17.8. The zero-order chi connectivity index (χ0) is 18.9. The number of nitrogens with zero attached hydrogens (tertiary/aromatic N) is 2. The first-order valence-corrected chi connectivity index (χ1v) is 9.62. The van der Waals surface area contributed by atoms with Gasteiger partial charge in [-0.2, -0.15) is 0 Å². The lowest BCUT2D eigenvalue weighted by Crippen LogP contribution is -2.45. The number of carbonyl (C=O) groups excluding carboxylic acids is 2. The molecule has 0 radical (unpaired) electrons. The molecule has 1 saturated carbocycles. The standard InChI is InChI=1S/C21H24N2O4/c1-2-26-19(24)16-8-12-23(13-9-16)20(25)21(10-11-21)18-14-17(27-22-18)15-6-4-3-5-7-15/h3-7,14,16H,2,8-13H2,1H3. The molecule has 4 rings (SSSR count). The molecule has 0 spiro atoms. The zero-order valence-electron chi connectivity index (χ0n) is 15.5. The van der Waals surface area contributed by atoms with Gasteiger partial charge in [0.2, 0.25) is 5.91 Å². The second-order valence-electron chi connectivity index (χ2n) is 7.34. The average Bonchev–Trinajstić information content (AvgIpc) is 3.37. The number of ether oxygens (including phenoxy) is 1. The lowest BCUT2D eigenvalue weighted by molar-refractivity contribution is -0.151. The molecule has 2 fully saturated rings. The predicted octanol–water partition coefficient (Wildman–Crippen LogP) is 3.17. The minimum Gasteiger partial charge on any atom is -0.466 e. The van der Waals surface area contributed by atoms with E-state index in [-0.39, 0.29) is 17.8 Å². The maximum Gasteiger partial charge on any atom is 0.309 e. The van der Waals surface area contributed by atoms with Gasteiger partial charge in [0.1, 0.15) is 0 Å². The minimum absolute atomic E-state index is 0.0964. The summed E-state index contributed by atoms with van der Waals surface area (Å²) in [4.78, 5) is 26.9. The van der Waals surface area contributed by atoms with Crippen LogP contribution in [0.5, 0.6) is 0 Å². The van der Waals surface area contributed by atoms with Gasteiger partial charge in [-0.3, -0.25) is 9.59 Å². The molecule has 2 aromatic rings. The molecule has 6 nitrogen and oxygen atoms in total. The average molecular weight is 368 g/mol. The second kappa shape index (κ2) is 7.18. The first-order chi connectivity index (χ1) is 13.1. The molecule has 1 aliphatic heterocycles. The van der Waals surface area contributed by atoms with Crippen LogP contribution in [0, 0.1) is 5.92 Å². The molecule has 2 aliphatic rings. The molecular weight excluding hydrogens is 344 g/mol. The van der Waals surface area contributed by atoms with Crippen LogP contribution in [-0.2, 0) is 19.7 Å². The van der Waals surface area contributed by atoms with Gasteiger partial charge in [-0.1, -0.05) is 35.5 Å². The van der Waals surface area contributed by atoms with Crippen LogP contribution in [0.4, 0.5) is 0 Å². The highest BCUT2D eigenvalue weighted by atomic mass is 16.5. The summed E-state index contributed by atoms with van der Waals surface area (Å²) in [6.45, 7) is 3.40. The molecule has 1 aromatic carbocycles.